The van der Waals surface area contributed by atoms with E-state index >= 15 is 0 Å². The highest BCUT2D eigenvalue weighted by molar-refractivity contribution is 6.73. The molecule has 1 unspecified atom stereocenters. The highest BCUT2D eigenvalue weighted by Crippen LogP contribution is 2.36. The van der Waals surface area contributed by atoms with E-state index in [2.05, 4.69) is 0 Å². The fourth-order valence-electron chi connectivity index (χ4n) is 2.20. The van der Waals surface area contributed by atoms with Gasteiger partial charge in [-0.3, -0.25) is 0 Å². The van der Waals surface area contributed by atoms with E-state index in [0.29, 0.717) is 22.6 Å². The quantitative estimate of drug-likeness (QED) is 0.863. The average Bonchev–Trinajstić information content (AvgIpc) is 2.52. The molecule has 1 atom stereocenters. The first kappa shape index (κ1) is 16.2. The zero-order chi connectivity index (χ0) is 16.3. The van der Waals surface area contributed by atoms with Crippen LogP contribution >= 0.6 is 0 Å². The summed E-state index contributed by atoms with van der Waals surface area (Å²) in [5.74, 6) is 0.788. The van der Waals surface area contributed by atoms with Crippen molar-refractivity contribution < 1.29 is 27.5 Å². The zero-order valence-corrected chi connectivity index (χ0v) is 12.1. The molecular formula is C15H15BF3O3-. The summed E-state index contributed by atoms with van der Waals surface area (Å²) in [5.41, 5.74) is 0.0658. The van der Waals surface area contributed by atoms with E-state index in [1.165, 1.54) is 26.4 Å². The van der Waals surface area contributed by atoms with Crippen LogP contribution in [-0.2, 0) is 0 Å². The second-order valence-electron chi connectivity index (χ2n) is 4.73. The van der Waals surface area contributed by atoms with Gasteiger partial charge >= 0.3 is 6.98 Å². The van der Waals surface area contributed by atoms with Gasteiger partial charge in [0.05, 0.1) is 14.2 Å². The second-order valence-corrected chi connectivity index (χ2v) is 4.73. The lowest BCUT2D eigenvalue weighted by molar-refractivity contribution is 0.213. The number of ether oxygens (including phenoxy) is 2. The van der Waals surface area contributed by atoms with E-state index in [1.54, 1.807) is 18.2 Å². The van der Waals surface area contributed by atoms with E-state index in [0.717, 1.165) is 12.1 Å². The average molecular weight is 311 g/mol. The van der Waals surface area contributed by atoms with Crippen LogP contribution in [0.5, 0.6) is 11.5 Å². The standard InChI is InChI=1S/C15H15BF3O3/c1-21-13-5-3-4-12(15(13)22-2)14(20)10-6-8-11(9-7-10)16(17,18)19/h3-9,14,20H,1-2H3/q-1. The molecule has 0 aliphatic heterocycles. The van der Waals surface area contributed by atoms with Gasteiger partial charge in [0.1, 0.15) is 6.10 Å². The van der Waals surface area contributed by atoms with Crippen molar-refractivity contribution >= 4 is 12.4 Å². The largest absolute Gasteiger partial charge is 0.509 e. The van der Waals surface area contributed by atoms with E-state index in [-0.39, 0.29) is 0 Å². The van der Waals surface area contributed by atoms with Crippen LogP contribution in [0.25, 0.3) is 0 Å². The molecule has 0 saturated carbocycles. The Morgan fingerprint density at radius 3 is 2.09 bits per heavy atom. The lowest BCUT2D eigenvalue weighted by Gasteiger charge is -2.19. The molecule has 118 valence electrons. The molecule has 2 aromatic carbocycles. The molecule has 2 rings (SSSR count). The number of methoxy groups -OCH3 is 2. The predicted molar refractivity (Wildman–Crippen MR) is 78.8 cm³/mol. The Kier molecular flexibility index (Phi) is 4.66. The van der Waals surface area contributed by atoms with Crippen LogP contribution in [0.15, 0.2) is 42.5 Å². The lowest BCUT2D eigenvalue weighted by atomic mass is 9.79. The normalized spacial score (nSPS) is 12.8. The molecular weight excluding hydrogens is 296 g/mol. The van der Waals surface area contributed by atoms with Crippen LogP contribution in [0.3, 0.4) is 0 Å². The molecule has 0 aromatic heterocycles. The van der Waals surface area contributed by atoms with E-state index < -0.39 is 18.5 Å². The Morgan fingerprint density at radius 1 is 0.955 bits per heavy atom. The molecule has 0 radical (unpaired) electrons. The Hall–Kier alpha value is -2.15. The lowest BCUT2D eigenvalue weighted by Crippen LogP contribution is -2.33. The summed E-state index contributed by atoms with van der Waals surface area (Å²) in [6.45, 7) is -5.05. The van der Waals surface area contributed by atoms with E-state index in [9.17, 15) is 18.1 Å². The van der Waals surface area contributed by atoms with Crippen molar-refractivity contribution in [3.8, 4) is 11.5 Å². The first-order valence-corrected chi connectivity index (χ1v) is 6.57. The van der Waals surface area contributed by atoms with Crippen LogP contribution < -0.4 is 14.9 Å². The Labute approximate surface area is 126 Å². The maximum atomic E-state index is 12.6. The maximum absolute atomic E-state index is 12.6. The fourth-order valence-corrected chi connectivity index (χ4v) is 2.20. The van der Waals surface area contributed by atoms with Crippen molar-refractivity contribution in [1.82, 2.24) is 0 Å². The molecule has 0 saturated heterocycles. The van der Waals surface area contributed by atoms with Crippen molar-refractivity contribution in [3.05, 3.63) is 53.6 Å². The minimum Gasteiger partial charge on any atom is -0.493 e. The summed E-state index contributed by atoms with van der Waals surface area (Å²) in [6, 6.07) is 9.42. The molecule has 22 heavy (non-hydrogen) atoms. The molecule has 2 aromatic rings. The number of halogens is 3. The SMILES string of the molecule is COc1cccc(C(O)c2ccc([B-](F)(F)F)cc2)c1OC. The van der Waals surface area contributed by atoms with Gasteiger partial charge in [-0.05, 0) is 11.6 Å². The smallest absolute Gasteiger partial charge is 0.493 e. The summed E-state index contributed by atoms with van der Waals surface area (Å²) < 4.78 is 48.2. The molecule has 0 heterocycles. The fraction of sp³-hybridized carbons (Fsp3) is 0.200. The third-order valence-electron chi connectivity index (χ3n) is 3.36. The number of hydrogen-bond donors (Lipinski definition) is 1. The number of aliphatic hydroxyl groups excluding tert-OH is 1. The van der Waals surface area contributed by atoms with E-state index in [1.807, 2.05) is 0 Å². The van der Waals surface area contributed by atoms with Gasteiger partial charge < -0.3 is 27.5 Å². The molecule has 1 N–H and O–H groups in total. The third-order valence-corrected chi connectivity index (χ3v) is 3.36. The van der Waals surface area contributed by atoms with Gasteiger partial charge in [-0.2, -0.15) is 0 Å². The molecule has 0 spiro atoms. The second kappa shape index (κ2) is 6.31. The molecule has 0 amide bonds. The van der Waals surface area contributed by atoms with Crippen molar-refractivity contribution in [3.63, 3.8) is 0 Å². The van der Waals surface area contributed by atoms with Gasteiger partial charge in [0.2, 0.25) is 0 Å². The van der Waals surface area contributed by atoms with Crippen LogP contribution in [0.4, 0.5) is 12.9 Å². The van der Waals surface area contributed by atoms with Gasteiger partial charge in [0, 0.05) is 5.56 Å². The molecule has 3 nitrogen and oxygen atoms in total. The summed E-state index contributed by atoms with van der Waals surface area (Å²) in [5, 5.41) is 10.4. The Bertz CT molecular complexity index is 641. The maximum Gasteiger partial charge on any atom is 0.509 e. The number of aliphatic hydroxyl groups is 1. The van der Waals surface area contributed by atoms with Gasteiger partial charge in [-0.15, -0.1) is 5.46 Å². The predicted octanol–water partition coefficient (Wildman–Crippen LogP) is 2.84. The van der Waals surface area contributed by atoms with Crippen molar-refractivity contribution in [2.24, 2.45) is 0 Å². The van der Waals surface area contributed by atoms with Crippen molar-refractivity contribution in [2.45, 2.75) is 6.10 Å². The van der Waals surface area contributed by atoms with Crippen LogP contribution in [-0.4, -0.2) is 26.3 Å². The molecule has 0 aliphatic carbocycles. The van der Waals surface area contributed by atoms with Crippen LogP contribution in [0.1, 0.15) is 17.2 Å². The zero-order valence-electron chi connectivity index (χ0n) is 12.1. The first-order chi connectivity index (χ1) is 10.4. The minimum atomic E-state index is -5.05. The summed E-state index contributed by atoms with van der Waals surface area (Å²) in [4.78, 5) is 0. The van der Waals surface area contributed by atoms with Gasteiger partial charge in [0.25, 0.3) is 0 Å². The third kappa shape index (κ3) is 3.19. The Morgan fingerprint density at radius 2 is 1.59 bits per heavy atom. The number of benzene rings is 2. The van der Waals surface area contributed by atoms with Crippen LogP contribution in [0, 0.1) is 0 Å². The van der Waals surface area contributed by atoms with E-state index in [4.69, 9.17) is 9.47 Å². The highest BCUT2D eigenvalue weighted by Gasteiger charge is 2.26. The van der Waals surface area contributed by atoms with Crippen molar-refractivity contribution in [1.29, 1.82) is 0 Å². The number of para-hydroxylation sites is 1. The molecule has 0 aliphatic rings. The molecule has 7 heteroatoms. The summed E-state index contributed by atoms with van der Waals surface area (Å²) in [7, 11) is 2.90. The van der Waals surface area contributed by atoms with Crippen molar-refractivity contribution in [2.75, 3.05) is 14.2 Å². The van der Waals surface area contributed by atoms with Gasteiger partial charge in [-0.1, -0.05) is 36.4 Å². The molecule has 0 fully saturated rings. The van der Waals surface area contributed by atoms with Gasteiger partial charge in [0.15, 0.2) is 11.5 Å². The Balaban J connectivity index is 2.38. The first-order valence-electron chi connectivity index (χ1n) is 6.57. The van der Waals surface area contributed by atoms with Crippen LogP contribution in [0.2, 0.25) is 0 Å². The number of hydrogen-bond acceptors (Lipinski definition) is 3. The topological polar surface area (TPSA) is 38.7 Å². The highest BCUT2D eigenvalue weighted by atomic mass is 19.4. The van der Waals surface area contributed by atoms with Gasteiger partial charge in [-0.25, -0.2) is 0 Å². The summed E-state index contributed by atoms with van der Waals surface area (Å²) in [6.07, 6.45) is -1.11. The minimum absolute atomic E-state index is 0.343. The molecule has 0 bridgehead atoms. The monoisotopic (exact) mass is 311 g/mol. The number of rotatable bonds is 5. The summed E-state index contributed by atoms with van der Waals surface area (Å²) >= 11 is 0.